The van der Waals surface area contributed by atoms with Gasteiger partial charge in [0.25, 0.3) is 5.91 Å². The number of rotatable bonds is 4. The summed E-state index contributed by atoms with van der Waals surface area (Å²) in [5, 5.41) is 7.50. The molecule has 0 aliphatic rings. The molecular weight excluding hydrogens is 224 g/mol. The van der Waals surface area contributed by atoms with Crippen molar-refractivity contribution in [3.05, 3.63) is 12.2 Å². The summed E-state index contributed by atoms with van der Waals surface area (Å²) in [6.07, 6.45) is 1.86. The van der Waals surface area contributed by atoms with Crippen LogP contribution in [-0.2, 0) is 0 Å². The second kappa shape index (κ2) is 5.16. The Labute approximate surface area is 99.3 Å². The molecule has 0 aliphatic carbocycles. The molecule has 1 rings (SSSR count). The Balaban J connectivity index is 3.07. The van der Waals surface area contributed by atoms with Crippen molar-refractivity contribution in [1.29, 1.82) is 0 Å². The Morgan fingerprint density at radius 3 is 2.62 bits per heavy atom. The Morgan fingerprint density at radius 2 is 2.19 bits per heavy atom. The van der Waals surface area contributed by atoms with Gasteiger partial charge in [-0.2, -0.15) is 9.67 Å². The lowest BCUT2D eigenvalue weighted by atomic mass is 10.1. The van der Waals surface area contributed by atoms with Crippen molar-refractivity contribution in [2.75, 3.05) is 18.6 Å². The van der Waals surface area contributed by atoms with Crippen LogP contribution < -0.4 is 5.32 Å². The van der Waals surface area contributed by atoms with Gasteiger partial charge in [-0.1, -0.05) is 32.2 Å². The molecule has 1 aromatic rings. The highest BCUT2D eigenvalue weighted by Crippen LogP contribution is 2.16. The fraction of sp³-hybridized carbons (Fsp3) is 0.500. The van der Waals surface area contributed by atoms with E-state index in [1.165, 1.54) is 16.4 Å². The van der Waals surface area contributed by atoms with Crippen molar-refractivity contribution >= 4 is 23.6 Å². The molecule has 0 saturated carbocycles. The minimum atomic E-state index is -0.216. The number of anilines is 1. The first kappa shape index (κ1) is 12.8. The summed E-state index contributed by atoms with van der Waals surface area (Å²) in [7, 11) is 1.70. The number of nitrogens with zero attached hydrogens (tertiary/aromatic N) is 3. The molecule has 1 N–H and O–H groups in total. The first-order valence-corrected chi connectivity index (χ1v) is 6.16. The number of aromatic nitrogens is 3. The number of hydrogen-bond acceptors (Lipinski definition) is 5. The van der Waals surface area contributed by atoms with Crippen molar-refractivity contribution in [3.63, 3.8) is 0 Å². The summed E-state index contributed by atoms with van der Waals surface area (Å²) in [5.74, 6) is 0.322. The largest absolute Gasteiger partial charge is 0.357 e. The molecule has 1 aromatic heterocycles. The van der Waals surface area contributed by atoms with E-state index in [1.54, 1.807) is 7.05 Å². The zero-order chi connectivity index (χ0) is 12.3. The molecule has 1 heterocycles. The quantitative estimate of drug-likeness (QED) is 0.643. The highest BCUT2D eigenvalue weighted by molar-refractivity contribution is 7.98. The number of allylic oxidation sites excluding steroid dienone is 1. The molecule has 0 aliphatic heterocycles. The van der Waals surface area contributed by atoms with E-state index >= 15 is 0 Å². The molecule has 0 atom stereocenters. The van der Waals surface area contributed by atoms with E-state index in [4.69, 9.17) is 0 Å². The number of hydrogen-bond donors (Lipinski definition) is 1. The van der Waals surface area contributed by atoms with Crippen LogP contribution in [-0.4, -0.2) is 34.0 Å². The average Bonchev–Trinajstić information content (AvgIpc) is 2.69. The van der Waals surface area contributed by atoms with E-state index in [9.17, 15) is 4.79 Å². The maximum atomic E-state index is 12.0. The molecule has 0 spiro atoms. The van der Waals surface area contributed by atoms with E-state index in [0.29, 0.717) is 16.7 Å². The maximum absolute atomic E-state index is 12.0. The topological polar surface area (TPSA) is 59.8 Å². The smallest absolute Gasteiger partial charge is 0.277 e. The Bertz CT molecular complexity index is 411. The summed E-state index contributed by atoms with van der Waals surface area (Å²) in [5.41, 5.74) is 0.522. The third kappa shape index (κ3) is 2.44. The lowest BCUT2D eigenvalue weighted by Crippen LogP contribution is -2.19. The highest BCUT2D eigenvalue weighted by Gasteiger charge is 2.19. The fourth-order valence-electron chi connectivity index (χ4n) is 1.07. The van der Waals surface area contributed by atoms with Crippen LogP contribution in [0.15, 0.2) is 17.3 Å². The second-order valence-corrected chi connectivity index (χ2v) is 4.34. The lowest BCUT2D eigenvalue weighted by Gasteiger charge is -2.08. The first-order chi connectivity index (χ1) is 7.51. The normalized spacial score (nSPS) is 10.6. The molecule has 0 radical (unpaired) electrons. The van der Waals surface area contributed by atoms with Crippen LogP contribution in [0.5, 0.6) is 0 Å². The molecule has 0 unspecified atom stereocenters. The van der Waals surface area contributed by atoms with Gasteiger partial charge in [0.15, 0.2) is 0 Å². The molecule has 6 heteroatoms. The molecule has 5 nitrogen and oxygen atoms in total. The van der Waals surface area contributed by atoms with Gasteiger partial charge in [0.05, 0.1) is 0 Å². The molecule has 88 valence electrons. The van der Waals surface area contributed by atoms with Crippen LogP contribution in [0.2, 0.25) is 0 Å². The fourth-order valence-corrected chi connectivity index (χ4v) is 1.41. The van der Waals surface area contributed by atoms with E-state index in [-0.39, 0.29) is 11.8 Å². The Kier molecular flexibility index (Phi) is 4.12. The molecule has 0 amide bonds. The van der Waals surface area contributed by atoms with E-state index < -0.39 is 0 Å². The monoisotopic (exact) mass is 240 g/mol. The minimum absolute atomic E-state index is 0.0964. The number of carbonyl (C=O) groups is 1. The van der Waals surface area contributed by atoms with Gasteiger partial charge in [-0.3, -0.25) is 4.79 Å². The first-order valence-electron chi connectivity index (χ1n) is 4.93. The van der Waals surface area contributed by atoms with E-state index in [0.717, 1.165) is 0 Å². The van der Waals surface area contributed by atoms with Gasteiger partial charge in [-0.05, 0) is 12.2 Å². The lowest BCUT2D eigenvalue weighted by molar-refractivity contribution is 0.0932. The van der Waals surface area contributed by atoms with Crippen LogP contribution in [0.25, 0.3) is 0 Å². The standard InChI is InChI=1S/C10H16N4OS/c1-6(2)7(3)8(15)14-9(11-4)12-10(13-14)16-5/h6H,3H2,1-2,4-5H3,(H,11,12,13). The second-order valence-electron chi connectivity index (χ2n) is 3.57. The summed E-state index contributed by atoms with van der Waals surface area (Å²) in [6.45, 7) is 7.61. The summed E-state index contributed by atoms with van der Waals surface area (Å²) < 4.78 is 1.26. The molecule has 0 bridgehead atoms. The molecule has 16 heavy (non-hydrogen) atoms. The van der Waals surface area contributed by atoms with Crippen LogP contribution in [0.4, 0.5) is 5.95 Å². The number of thioether (sulfide) groups is 1. The van der Waals surface area contributed by atoms with Gasteiger partial charge < -0.3 is 5.32 Å². The van der Waals surface area contributed by atoms with Gasteiger partial charge in [0, 0.05) is 12.6 Å². The molecule has 0 aromatic carbocycles. The van der Waals surface area contributed by atoms with Crippen LogP contribution in [0, 0.1) is 5.92 Å². The van der Waals surface area contributed by atoms with Gasteiger partial charge in [0.1, 0.15) is 0 Å². The van der Waals surface area contributed by atoms with Crippen molar-refractivity contribution in [2.45, 2.75) is 19.0 Å². The maximum Gasteiger partial charge on any atom is 0.277 e. The SMILES string of the molecule is C=C(C(=O)n1nc(SC)nc1NC)C(C)C. The van der Waals surface area contributed by atoms with Gasteiger partial charge in [-0.15, -0.1) is 5.10 Å². The van der Waals surface area contributed by atoms with Crippen molar-refractivity contribution in [2.24, 2.45) is 5.92 Å². The molecular formula is C10H16N4OS. The average molecular weight is 240 g/mol. The van der Waals surface area contributed by atoms with Gasteiger partial charge in [0.2, 0.25) is 11.1 Å². The predicted octanol–water partition coefficient (Wildman–Crippen LogP) is 1.89. The third-order valence-electron chi connectivity index (χ3n) is 2.16. The van der Waals surface area contributed by atoms with E-state index in [2.05, 4.69) is 22.0 Å². The number of nitrogens with one attached hydrogen (secondary N) is 1. The molecule has 0 saturated heterocycles. The highest BCUT2D eigenvalue weighted by atomic mass is 32.2. The van der Waals surface area contributed by atoms with Crippen LogP contribution in [0.3, 0.4) is 0 Å². The van der Waals surface area contributed by atoms with Crippen molar-refractivity contribution in [1.82, 2.24) is 14.8 Å². The van der Waals surface area contributed by atoms with Crippen LogP contribution in [0.1, 0.15) is 18.6 Å². The third-order valence-corrected chi connectivity index (χ3v) is 2.70. The van der Waals surface area contributed by atoms with Crippen molar-refractivity contribution in [3.8, 4) is 0 Å². The van der Waals surface area contributed by atoms with Gasteiger partial charge >= 0.3 is 0 Å². The predicted molar refractivity (Wildman–Crippen MR) is 66.0 cm³/mol. The Hall–Kier alpha value is -1.30. The summed E-state index contributed by atoms with van der Waals surface area (Å²) >= 11 is 1.39. The summed E-state index contributed by atoms with van der Waals surface area (Å²) in [6, 6.07) is 0. The van der Waals surface area contributed by atoms with Crippen molar-refractivity contribution < 1.29 is 4.79 Å². The zero-order valence-electron chi connectivity index (χ0n) is 9.94. The van der Waals surface area contributed by atoms with E-state index in [1.807, 2.05) is 20.1 Å². The number of carbonyl (C=O) groups excluding carboxylic acids is 1. The summed E-state index contributed by atoms with van der Waals surface area (Å²) in [4.78, 5) is 16.2. The molecule has 0 fully saturated rings. The zero-order valence-corrected chi connectivity index (χ0v) is 10.8. The minimum Gasteiger partial charge on any atom is -0.357 e. The van der Waals surface area contributed by atoms with Crippen LogP contribution >= 0.6 is 11.8 Å². The van der Waals surface area contributed by atoms with Gasteiger partial charge in [-0.25, -0.2) is 0 Å². The Morgan fingerprint density at radius 1 is 1.56 bits per heavy atom.